The molecule has 4 nitrogen and oxygen atoms in total. The van der Waals surface area contributed by atoms with E-state index in [9.17, 15) is 0 Å². The highest BCUT2D eigenvalue weighted by molar-refractivity contribution is 6.15. The highest BCUT2D eigenvalue weighted by atomic mass is 15.0. The topological polar surface area (TPSA) is 35.6 Å². The van der Waals surface area contributed by atoms with Crippen molar-refractivity contribution in [1.82, 2.24) is 19.1 Å². The summed E-state index contributed by atoms with van der Waals surface area (Å²) in [6.07, 6.45) is 3.94. The first-order chi connectivity index (χ1) is 26.8. The lowest BCUT2D eigenvalue weighted by atomic mass is 9.99. The fourth-order valence-corrected chi connectivity index (χ4v) is 8.93. The van der Waals surface area contributed by atoms with Crippen LogP contribution in [0.3, 0.4) is 0 Å². The van der Waals surface area contributed by atoms with Gasteiger partial charge >= 0.3 is 0 Å². The molecule has 4 heteroatoms. The van der Waals surface area contributed by atoms with Gasteiger partial charge in [-0.15, -0.1) is 0 Å². The minimum atomic E-state index is 0.963. The van der Waals surface area contributed by atoms with Gasteiger partial charge in [-0.1, -0.05) is 84.9 Å². The Morgan fingerprint density at radius 3 is 1.59 bits per heavy atom. The van der Waals surface area contributed by atoms with Gasteiger partial charge in [0.15, 0.2) is 0 Å². The zero-order chi connectivity index (χ0) is 35.3. The van der Waals surface area contributed by atoms with Crippen LogP contribution in [0.1, 0.15) is 0 Å². The number of fused-ring (bicyclic) bond motifs is 9. The van der Waals surface area contributed by atoms with E-state index in [1.165, 1.54) is 88.1 Å². The molecule has 1 aliphatic carbocycles. The number of hydrogen-bond donors (Lipinski definition) is 0. The van der Waals surface area contributed by atoms with Crippen LogP contribution < -0.4 is 0 Å². The highest BCUT2D eigenvalue weighted by Crippen LogP contribution is 2.47. The third kappa shape index (κ3) is 4.13. The lowest BCUT2D eigenvalue weighted by molar-refractivity contribution is 1.18. The fraction of sp³-hybridized carbons (Fsp3) is 0. The van der Waals surface area contributed by atoms with Crippen LogP contribution >= 0.6 is 0 Å². The van der Waals surface area contributed by atoms with Crippen LogP contribution in [-0.2, 0) is 0 Å². The summed E-state index contributed by atoms with van der Waals surface area (Å²) in [5.74, 6) is 0. The minimum Gasteiger partial charge on any atom is -0.309 e. The molecule has 54 heavy (non-hydrogen) atoms. The maximum absolute atomic E-state index is 5.06. The van der Waals surface area contributed by atoms with E-state index in [0.29, 0.717) is 0 Å². The second-order valence-electron chi connectivity index (χ2n) is 14.2. The Morgan fingerprint density at radius 2 is 0.907 bits per heavy atom. The monoisotopic (exact) mass is 686 g/mol. The molecule has 0 radical (unpaired) electrons. The number of rotatable bonds is 4. The maximum Gasteiger partial charge on any atom is 0.0714 e. The van der Waals surface area contributed by atoms with Crippen LogP contribution in [0, 0.1) is 0 Å². The average Bonchev–Trinajstić information content (AvgIpc) is 3.87. The van der Waals surface area contributed by atoms with E-state index in [4.69, 9.17) is 4.98 Å². The third-order valence-electron chi connectivity index (χ3n) is 11.3. The number of nitrogens with zero attached hydrogens (tertiary/aromatic N) is 4. The molecule has 7 aromatic carbocycles. The van der Waals surface area contributed by atoms with Gasteiger partial charge in [-0.25, -0.2) is 0 Å². The minimum absolute atomic E-state index is 0.963. The summed E-state index contributed by atoms with van der Waals surface area (Å²) in [4.78, 5) is 9.70. The fourth-order valence-electron chi connectivity index (χ4n) is 8.93. The molecule has 0 saturated heterocycles. The molecule has 0 fully saturated rings. The van der Waals surface area contributed by atoms with Gasteiger partial charge in [0.05, 0.1) is 33.3 Å². The summed E-state index contributed by atoms with van der Waals surface area (Å²) >= 11 is 0. The van der Waals surface area contributed by atoms with Crippen molar-refractivity contribution in [3.63, 3.8) is 0 Å². The molecular weight excluding hydrogens is 657 g/mol. The Morgan fingerprint density at radius 1 is 0.352 bits per heavy atom. The molecule has 0 saturated carbocycles. The smallest absolute Gasteiger partial charge is 0.0714 e. The predicted molar refractivity (Wildman–Crippen MR) is 224 cm³/mol. The van der Waals surface area contributed by atoms with Gasteiger partial charge < -0.3 is 9.13 Å². The van der Waals surface area contributed by atoms with Gasteiger partial charge in [0.25, 0.3) is 0 Å². The van der Waals surface area contributed by atoms with Crippen molar-refractivity contribution in [3.05, 3.63) is 182 Å². The van der Waals surface area contributed by atoms with E-state index < -0.39 is 0 Å². The summed E-state index contributed by atoms with van der Waals surface area (Å²) in [5, 5.41) is 6.13. The van der Waals surface area contributed by atoms with Crippen LogP contribution in [0.4, 0.5) is 0 Å². The van der Waals surface area contributed by atoms with E-state index >= 15 is 0 Å². The molecule has 4 aromatic heterocycles. The Labute approximate surface area is 310 Å². The summed E-state index contributed by atoms with van der Waals surface area (Å²) in [6.45, 7) is 0. The van der Waals surface area contributed by atoms with Gasteiger partial charge in [-0.2, -0.15) is 0 Å². The van der Waals surface area contributed by atoms with Crippen molar-refractivity contribution in [1.29, 1.82) is 0 Å². The first-order valence-electron chi connectivity index (χ1n) is 18.4. The Kier molecular flexibility index (Phi) is 6.02. The molecule has 0 aliphatic heterocycles. The molecular formula is C50H30N4. The Balaban J connectivity index is 1.05. The van der Waals surface area contributed by atoms with E-state index in [0.717, 1.165) is 22.5 Å². The predicted octanol–water partition coefficient (Wildman–Crippen LogP) is 12.8. The lowest BCUT2D eigenvalue weighted by Gasteiger charge is -2.09. The van der Waals surface area contributed by atoms with Gasteiger partial charge in [-0.05, 0) is 113 Å². The Bertz CT molecular complexity index is 3310. The maximum atomic E-state index is 5.06. The van der Waals surface area contributed by atoms with Crippen molar-refractivity contribution in [2.75, 3.05) is 0 Å². The molecule has 1 aliphatic rings. The van der Waals surface area contributed by atoms with Crippen molar-refractivity contribution >= 4 is 54.5 Å². The number of aromatic nitrogens is 4. The van der Waals surface area contributed by atoms with Crippen LogP contribution in [-0.4, -0.2) is 19.1 Å². The molecule has 0 amide bonds. The standard InChI is InChI=1S/C50H30N4/c1-3-10-34(11-4-1)53-46-17-8-7-14-36(46)40-26-31(18-21-47(40)53)32-19-22-48-41(27-32)42-28-33(20-23-49(42)54(48)35-12-5-2-6-13-35)45-29-39-37-15-9-16-44-50(37)38(24-25-51-44)43(39)30-52-45/h1-30H. The van der Waals surface area contributed by atoms with Crippen molar-refractivity contribution in [2.24, 2.45) is 0 Å². The number of pyridine rings is 2. The molecule has 11 aromatic rings. The van der Waals surface area contributed by atoms with Crippen molar-refractivity contribution in [3.8, 4) is 56.0 Å². The molecule has 4 heterocycles. The first-order valence-corrected chi connectivity index (χ1v) is 18.4. The van der Waals surface area contributed by atoms with Crippen LogP contribution in [0.2, 0.25) is 0 Å². The van der Waals surface area contributed by atoms with Gasteiger partial charge in [0.2, 0.25) is 0 Å². The molecule has 0 bridgehead atoms. The number of hydrogen-bond acceptors (Lipinski definition) is 2. The molecule has 0 spiro atoms. The van der Waals surface area contributed by atoms with Crippen LogP contribution in [0.25, 0.3) is 111 Å². The number of para-hydroxylation sites is 3. The summed E-state index contributed by atoms with van der Waals surface area (Å²) < 4.78 is 4.75. The van der Waals surface area contributed by atoms with Gasteiger partial charge in [0, 0.05) is 61.8 Å². The lowest BCUT2D eigenvalue weighted by Crippen LogP contribution is -1.93. The summed E-state index contributed by atoms with van der Waals surface area (Å²) in [7, 11) is 0. The molecule has 0 atom stereocenters. The van der Waals surface area contributed by atoms with Gasteiger partial charge in [0.1, 0.15) is 0 Å². The average molecular weight is 687 g/mol. The van der Waals surface area contributed by atoms with Crippen LogP contribution in [0.5, 0.6) is 0 Å². The molecule has 12 rings (SSSR count). The normalized spacial score (nSPS) is 12.1. The second kappa shape index (κ2) is 11.1. The molecule has 250 valence electrons. The SMILES string of the molecule is c1ccc(-n2c3ccccc3c3cc(-c4ccc5c(c4)c4cc(-c6cc7c(cn6)-c6ccnc8cccc-7c68)ccc4n5-c4ccccc4)ccc32)cc1. The van der Waals surface area contributed by atoms with E-state index in [2.05, 4.69) is 184 Å². The zero-order valence-electron chi connectivity index (χ0n) is 29.1. The molecule has 0 N–H and O–H groups in total. The Hall–Kier alpha value is -7.30. The van der Waals surface area contributed by atoms with Gasteiger partial charge in [-0.3, -0.25) is 9.97 Å². The zero-order valence-corrected chi connectivity index (χ0v) is 29.1. The summed E-state index contributed by atoms with van der Waals surface area (Å²) in [5.41, 5.74) is 17.4. The van der Waals surface area contributed by atoms with E-state index in [1.807, 2.05) is 12.4 Å². The quantitative estimate of drug-likeness (QED) is 0.185. The van der Waals surface area contributed by atoms with Crippen LogP contribution in [0.15, 0.2) is 182 Å². The number of benzene rings is 7. The van der Waals surface area contributed by atoms with Crippen molar-refractivity contribution in [2.45, 2.75) is 0 Å². The largest absolute Gasteiger partial charge is 0.309 e. The molecule has 0 unspecified atom stereocenters. The third-order valence-corrected chi connectivity index (χ3v) is 11.3. The second-order valence-corrected chi connectivity index (χ2v) is 14.2. The highest BCUT2D eigenvalue weighted by Gasteiger charge is 2.23. The van der Waals surface area contributed by atoms with E-state index in [1.54, 1.807) is 0 Å². The van der Waals surface area contributed by atoms with Crippen molar-refractivity contribution < 1.29 is 0 Å². The van der Waals surface area contributed by atoms with E-state index in [-0.39, 0.29) is 0 Å². The summed E-state index contributed by atoms with van der Waals surface area (Å²) in [6, 6.07) is 61.5. The first kappa shape index (κ1) is 29.3.